The van der Waals surface area contributed by atoms with Gasteiger partial charge in [0.2, 0.25) is 0 Å². The molecule has 0 aliphatic heterocycles. The number of amides is 2. The lowest BCUT2D eigenvalue weighted by atomic mass is 9.85. The molecule has 5 heteroatoms. The highest BCUT2D eigenvalue weighted by Gasteiger charge is 2.28. The number of hydrogen-bond donors (Lipinski definition) is 1. The third-order valence-corrected chi connectivity index (χ3v) is 3.60. The second-order valence-electron chi connectivity index (χ2n) is 4.74. The van der Waals surface area contributed by atoms with Crippen LogP contribution in [-0.4, -0.2) is 53.1 Å². The number of nitrogens with zero attached hydrogens (tertiary/aromatic N) is 2. The summed E-state index contributed by atoms with van der Waals surface area (Å²) in [5.41, 5.74) is 0. The van der Waals surface area contributed by atoms with Crippen molar-refractivity contribution in [1.29, 1.82) is 0 Å². The Hall–Kier alpha value is -1.26. The molecular weight excluding hydrogens is 220 g/mol. The fourth-order valence-corrected chi connectivity index (χ4v) is 1.88. The first-order chi connectivity index (χ1) is 7.97. The van der Waals surface area contributed by atoms with Gasteiger partial charge in [-0.1, -0.05) is 6.42 Å². The normalized spacial score (nSPS) is 17.1. The Morgan fingerprint density at radius 3 is 2.35 bits per heavy atom. The van der Waals surface area contributed by atoms with E-state index in [1.807, 2.05) is 6.92 Å². The van der Waals surface area contributed by atoms with Gasteiger partial charge in [0.15, 0.2) is 0 Å². The first-order valence-electron chi connectivity index (χ1n) is 6.21. The van der Waals surface area contributed by atoms with Crippen molar-refractivity contribution in [2.45, 2.75) is 39.2 Å². The van der Waals surface area contributed by atoms with Gasteiger partial charge in [0.05, 0.1) is 0 Å². The van der Waals surface area contributed by atoms with Gasteiger partial charge in [-0.2, -0.15) is 0 Å². The molecule has 0 aromatic rings. The monoisotopic (exact) mass is 242 g/mol. The van der Waals surface area contributed by atoms with Crippen LogP contribution in [-0.2, 0) is 4.79 Å². The summed E-state index contributed by atoms with van der Waals surface area (Å²) in [6.45, 7) is 4.84. The van der Waals surface area contributed by atoms with Crippen LogP contribution in [0.3, 0.4) is 0 Å². The van der Waals surface area contributed by atoms with Crippen molar-refractivity contribution in [3.63, 3.8) is 0 Å². The standard InChI is InChI=1S/C12H22N2O3/c1-4-14(8-10-6-5-7-10)12(17)13(3)9(2)11(15)16/h9-10H,4-8H2,1-3H3,(H,15,16). The summed E-state index contributed by atoms with van der Waals surface area (Å²) in [6, 6.07) is -0.966. The van der Waals surface area contributed by atoms with E-state index in [9.17, 15) is 9.59 Å². The lowest BCUT2D eigenvalue weighted by molar-refractivity contribution is -0.141. The van der Waals surface area contributed by atoms with Crippen molar-refractivity contribution >= 4 is 12.0 Å². The van der Waals surface area contributed by atoms with Gasteiger partial charge in [-0.15, -0.1) is 0 Å². The van der Waals surface area contributed by atoms with E-state index in [0.717, 1.165) is 6.54 Å². The van der Waals surface area contributed by atoms with E-state index in [1.165, 1.54) is 31.1 Å². The van der Waals surface area contributed by atoms with Crippen LogP contribution in [0.25, 0.3) is 0 Å². The Balaban J connectivity index is 2.54. The van der Waals surface area contributed by atoms with Gasteiger partial charge in [0.1, 0.15) is 6.04 Å². The quantitative estimate of drug-likeness (QED) is 0.797. The molecule has 1 saturated carbocycles. The van der Waals surface area contributed by atoms with E-state index in [4.69, 9.17) is 5.11 Å². The fraction of sp³-hybridized carbons (Fsp3) is 0.833. The first-order valence-corrected chi connectivity index (χ1v) is 6.21. The molecule has 0 bridgehead atoms. The topological polar surface area (TPSA) is 60.9 Å². The molecule has 0 spiro atoms. The van der Waals surface area contributed by atoms with Crippen LogP contribution in [0.4, 0.5) is 4.79 Å². The van der Waals surface area contributed by atoms with Gasteiger partial charge in [0, 0.05) is 20.1 Å². The van der Waals surface area contributed by atoms with Gasteiger partial charge in [0.25, 0.3) is 0 Å². The van der Waals surface area contributed by atoms with E-state index in [1.54, 1.807) is 11.9 Å². The molecule has 0 aromatic carbocycles. The molecule has 1 unspecified atom stereocenters. The second kappa shape index (κ2) is 5.89. The fourth-order valence-electron chi connectivity index (χ4n) is 1.88. The molecule has 0 saturated heterocycles. The van der Waals surface area contributed by atoms with Gasteiger partial charge >= 0.3 is 12.0 Å². The smallest absolute Gasteiger partial charge is 0.326 e. The molecule has 0 radical (unpaired) electrons. The summed E-state index contributed by atoms with van der Waals surface area (Å²) in [6.07, 6.45) is 3.61. The number of aliphatic carboxylic acids is 1. The van der Waals surface area contributed by atoms with Gasteiger partial charge in [-0.3, -0.25) is 0 Å². The lowest BCUT2D eigenvalue weighted by Gasteiger charge is -2.35. The first kappa shape index (κ1) is 13.8. The molecule has 98 valence electrons. The minimum Gasteiger partial charge on any atom is -0.480 e. The Bertz CT molecular complexity index is 289. The predicted octanol–water partition coefficient (Wildman–Crippen LogP) is 1.63. The molecular formula is C12H22N2O3. The predicted molar refractivity (Wildman–Crippen MR) is 64.8 cm³/mol. The largest absolute Gasteiger partial charge is 0.480 e. The Labute approximate surface area is 102 Å². The Morgan fingerprint density at radius 2 is 2.00 bits per heavy atom. The van der Waals surface area contributed by atoms with Gasteiger partial charge < -0.3 is 14.9 Å². The van der Waals surface area contributed by atoms with Crippen molar-refractivity contribution in [3.8, 4) is 0 Å². The van der Waals surface area contributed by atoms with E-state index in [0.29, 0.717) is 12.5 Å². The maximum absolute atomic E-state index is 12.1. The van der Waals surface area contributed by atoms with Gasteiger partial charge in [-0.05, 0) is 32.6 Å². The summed E-state index contributed by atoms with van der Waals surface area (Å²) in [7, 11) is 1.55. The van der Waals surface area contributed by atoms with Crippen molar-refractivity contribution in [2.75, 3.05) is 20.1 Å². The SMILES string of the molecule is CCN(CC1CCC1)C(=O)N(C)C(C)C(=O)O. The number of carbonyl (C=O) groups is 2. The van der Waals surface area contributed by atoms with Crippen LogP contribution in [0, 0.1) is 5.92 Å². The summed E-state index contributed by atoms with van der Waals surface area (Å²) < 4.78 is 0. The van der Waals surface area contributed by atoms with E-state index < -0.39 is 12.0 Å². The summed E-state index contributed by atoms with van der Waals surface area (Å²) in [4.78, 5) is 26.0. The van der Waals surface area contributed by atoms with Crippen LogP contribution >= 0.6 is 0 Å². The molecule has 1 fully saturated rings. The molecule has 1 aliphatic carbocycles. The maximum Gasteiger partial charge on any atom is 0.326 e. The van der Waals surface area contributed by atoms with Crippen LogP contribution < -0.4 is 0 Å². The third-order valence-electron chi connectivity index (χ3n) is 3.60. The molecule has 1 N–H and O–H groups in total. The highest BCUT2D eigenvalue weighted by atomic mass is 16.4. The molecule has 1 aliphatic rings. The molecule has 2 amide bonds. The van der Waals surface area contributed by atoms with Crippen LogP contribution in [0.2, 0.25) is 0 Å². The number of likely N-dealkylation sites (N-methyl/N-ethyl adjacent to an activating group) is 1. The minimum absolute atomic E-state index is 0.186. The zero-order valence-electron chi connectivity index (χ0n) is 10.8. The number of carboxylic acids is 1. The number of carboxylic acid groups (broad SMARTS) is 1. The average Bonchev–Trinajstić information content (AvgIpc) is 2.25. The zero-order valence-corrected chi connectivity index (χ0v) is 10.8. The highest BCUT2D eigenvalue weighted by molar-refractivity contribution is 5.82. The number of carbonyl (C=O) groups excluding carboxylic acids is 1. The molecule has 5 nitrogen and oxygen atoms in total. The van der Waals surface area contributed by atoms with Crippen LogP contribution in [0.5, 0.6) is 0 Å². The van der Waals surface area contributed by atoms with Crippen LogP contribution in [0.1, 0.15) is 33.1 Å². The number of rotatable bonds is 5. The maximum atomic E-state index is 12.1. The second-order valence-corrected chi connectivity index (χ2v) is 4.74. The number of urea groups is 1. The minimum atomic E-state index is -0.972. The van der Waals surface area contributed by atoms with E-state index in [2.05, 4.69) is 0 Å². The van der Waals surface area contributed by atoms with Crippen molar-refractivity contribution < 1.29 is 14.7 Å². The van der Waals surface area contributed by atoms with Crippen LogP contribution in [0.15, 0.2) is 0 Å². The molecule has 1 rings (SSSR count). The highest BCUT2D eigenvalue weighted by Crippen LogP contribution is 2.27. The molecule has 17 heavy (non-hydrogen) atoms. The van der Waals surface area contributed by atoms with E-state index in [-0.39, 0.29) is 6.03 Å². The average molecular weight is 242 g/mol. The lowest BCUT2D eigenvalue weighted by Crippen LogP contribution is -2.49. The summed E-state index contributed by atoms with van der Waals surface area (Å²) >= 11 is 0. The van der Waals surface area contributed by atoms with Crippen molar-refractivity contribution in [3.05, 3.63) is 0 Å². The van der Waals surface area contributed by atoms with Crippen molar-refractivity contribution in [2.24, 2.45) is 5.92 Å². The molecule has 1 atom stereocenters. The summed E-state index contributed by atoms with van der Waals surface area (Å²) in [5, 5.41) is 8.88. The molecule has 0 aromatic heterocycles. The molecule has 0 heterocycles. The van der Waals surface area contributed by atoms with Gasteiger partial charge in [-0.25, -0.2) is 9.59 Å². The third kappa shape index (κ3) is 3.35. The Morgan fingerprint density at radius 1 is 1.41 bits per heavy atom. The number of hydrogen-bond acceptors (Lipinski definition) is 2. The summed E-state index contributed by atoms with van der Waals surface area (Å²) in [5.74, 6) is -0.368. The van der Waals surface area contributed by atoms with E-state index >= 15 is 0 Å². The van der Waals surface area contributed by atoms with Crippen molar-refractivity contribution in [1.82, 2.24) is 9.80 Å². The zero-order chi connectivity index (χ0) is 13.0. The Kier molecular flexibility index (Phi) is 4.78.